The zero-order valence-electron chi connectivity index (χ0n) is 15.1. The fourth-order valence-electron chi connectivity index (χ4n) is 2.74. The van der Waals surface area contributed by atoms with Gasteiger partial charge in [0.05, 0.1) is 11.6 Å². The van der Waals surface area contributed by atoms with Gasteiger partial charge in [-0.1, -0.05) is 12.2 Å². The number of amides is 1. The van der Waals surface area contributed by atoms with Gasteiger partial charge >= 0.3 is 0 Å². The molecule has 1 aliphatic rings. The van der Waals surface area contributed by atoms with Gasteiger partial charge in [0.2, 0.25) is 10.0 Å². The summed E-state index contributed by atoms with van der Waals surface area (Å²) >= 11 is 0. The van der Waals surface area contributed by atoms with Crippen molar-refractivity contribution in [1.29, 1.82) is 5.26 Å². The Morgan fingerprint density at radius 2 is 2.21 bits per heavy atom. The first-order chi connectivity index (χ1) is 13.1. The zero-order valence-corrected chi connectivity index (χ0v) is 15.9. The van der Waals surface area contributed by atoms with E-state index in [4.69, 9.17) is 10.00 Å². The van der Waals surface area contributed by atoms with Gasteiger partial charge in [0.25, 0.3) is 5.91 Å². The van der Waals surface area contributed by atoms with E-state index in [2.05, 4.69) is 16.6 Å². The monoisotopic (exact) mass is 404 g/mol. The number of fused-ring (bicyclic) bond motifs is 1. The highest BCUT2D eigenvalue weighted by atomic mass is 32.2. The summed E-state index contributed by atoms with van der Waals surface area (Å²) in [6.07, 6.45) is 1.28. The summed E-state index contributed by atoms with van der Waals surface area (Å²) in [6.45, 7) is 5.38. The van der Waals surface area contributed by atoms with Crippen molar-refractivity contribution in [3.05, 3.63) is 53.6 Å². The van der Waals surface area contributed by atoms with Crippen molar-refractivity contribution in [3.63, 3.8) is 0 Å². The van der Waals surface area contributed by atoms with Crippen molar-refractivity contribution in [2.24, 2.45) is 7.05 Å². The van der Waals surface area contributed by atoms with Crippen molar-refractivity contribution >= 4 is 21.6 Å². The zero-order chi connectivity index (χ0) is 20.6. The highest BCUT2D eigenvalue weighted by Crippen LogP contribution is 2.33. The molecule has 1 aliphatic heterocycles. The van der Waals surface area contributed by atoms with Crippen LogP contribution in [0.1, 0.15) is 23.0 Å². The van der Waals surface area contributed by atoms with Crippen LogP contribution in [0, 0.1) is 17.1 Å². The Balaban J connectivity index is 1.99. The molecule has 0 bridgehead atoms. The second-order valence-electron chi connectivity index (χ2n) is 6.37. The van der Waals surface area contributed by atoms with Crippen molar-refractivity contribution < 1.29 is 22.3 Å². The molecule has 1 atom stereocenters. The number of rotatable bonds is 3. The molecule has 0 unspecified atom stereocenters. The maximum atomic E-state index is 13.5. The summed E-state index contributed by atoms with van der Waals surface area (Å²) in [4.78, 5) is 12.6. The van der Waals surface area contributed by atoms with E-state index >= 15 is 0 Å². The second-order valence-corrected chi connectivity index (χ2v) is 8.06. The van der Waals surface area contributed by atoms with Crippen molar-refractivity contribution in [1.82, 2.24) is 9.29 Å². The second kappa shape index (κ2) is 7.10. The Morgan fingerprint density at radius 1 is 1.50 bits per heavy atom. The van der Waals surface area contributed by atoms with E-state index < -0.39 is 27.8 Å². The van der Waals surface area contributed by atoms with E-state index in [-0.39, 0.29) is 34.2 Å². The standard InChI is InChI=1S/C18H17FN4O4S/c1-10(2)14-9-27-17-15(28(25,26)22-14)8-23(3)16(17)18(24)21-12-4-5-13(19)11(6-12)7-20/h4-6,8,14,22H,1,9H2,2-3H3,(H,21,24)/t14-/m0/s1. The van der Waals surface area contributed by atoms with Gasteiger partial charge in [0, 0.05) is 18.9 Å². The minimum Gasteiger partial charge on any atom is -0.488 e. The van der Waals surface area contributed by atoms with E-state index in [9.17, 15) is 17.6 Å². The molecule has 2 N–H and O–H groups in total. The third-order valence-electron chi connectivity index (χ3n) is 4.24. The third kappa shape index (κ3) is 3.49. The van der Waals surface area contributed by atoms with Gasteiger partial charge in [-0.05, 0) is 25.1 Å². The quantitative estimate of drug-likeness (QED) is 0.759. The molecular formula is C18H17FN4O4S. The van der Waals surface area contributed by atoms with Crippen LogP contribution in [0.2, 0.25) is 0 Å². The number of carbonyl (C=O) groups is 1. The first-order valence-corrected chi connectivity index (χ1v) is 9.63. The van der Waals surface area contributed by atoms with E-state index in [0.717, 1.165) is 6.07 Å². The van der Waals surface area contributed by atoms with Gasteiger partial charge in [-0.25, -0.2) is 17.5 Å². The lowest BCUT2D eigenvalue weighted by atomic mass is 10.2. The summed E-state index contributed by atoms with van der Waals surface area (Å²) in [5.41, 5.74) is 0.508. The Morgan fingerprint density at radius 3 is 2.86 bits per heavy atom. The van der Waals surface area contributed by atoms with E-state index in [1.807, 2.05) is 0 Å². The number of anilines is 1. The molecule has 146 valence electrons. The average Bonchev–Trinajstić information content (AvgIpc) is 2.90. The smallest absolute Gasteiger partial charge is 0.276 e. The van der Waals surface area contributed by atoms with Gasteiger partial charge in [-0.15, -0.1) is 0 Å². The molecule has 0 spiro atoms. The van der Waals surface area contributed by atoms with Crippen LogP contribution in [0.25, 0.3) is 0 Å². The SMILES string of the molecule is C=C(C)[C@@H]1COc2c(cn(C)c2C(=O)Nc2ccc(F)c(C#N)c2)S(=O)(=O)N1. The van der Waals surface area contributed by atoms with Crippen molar-refractivity contribution in [3.8, 4) is 11.8 Å². The van der Waals surface area contributed by atoms with Gasteiger partial charge in [0.15, 0.2) is 11.4 Å². The van der Waals surface area contributed by atoms with Crippen LogP contribution in [0.4, 0.5) is 10.1 Å². The first kappa shape index (κ1) is 19.6. The number of aryl methyl sites for hydroxylation is 1. The number of carbonyl (C=O) groups excluding carboxylic acids is 1. The van der Waals surface area contributed by atoms with Crippen LogP contribution in [0.3, 0.4) is 0 Å². The minimum absolute atomic E-state index is 0.0226. The summed E-state index contributed by atoms with van der Waals surface area (Å²) < 4.78 is 48.2. The van der Waals surface area contributed by atoms with E-state index in [1.54, 1.807) is 13.0 Å². The number of hydrogen-bond acceptors (Lipinski definition) is 5. The highest BCUT2D eigenvalue weighted by Gasteiger charge is 2.34. The fourth-order valence-corrected chi connectivity index (χ4v) is 4.21. The number of halogens is 1. The number of hydrogen-bond donors (Lipinski definition) is 2. The highest BCUT2D eigenvalue weighted by molar-refractivity contribution is 7.89. The van der Waals surface area contributed by atoms with Crippen LogP contribution < -0.4 is 14.8 Å². The number of ether oxygens (including phenoxy) is 1. The summed E-state index contributed by atoms with van der Waals surface area (Å²) in [6, 6.07) is 4.60. The molecule has 2 aromatic rings. The fraction of sp³-hybridized carbons (Fsp3) is 0.222. The molecule has 2 heterocycles. The largest absolute Gasteiger partial charge is 0.488 e. The number of nitriles is 1. The molecule has 0 saturated heterocycles. The van der Waals surface area contributed by atoms with Crippen LogP contribution in [0.15, 0.2) is 41.4 Å². The lowest BCUT2D eigenvalue weighted by molar-refractivity contribution is 0.101. The average molecular weight is 404 g/mol. The summed E-state index contributed by atoms with van der Waals surface area (Å²) in [5, 5.41) is 11.4. The molecule has 8 nitrogen and oxygen atoms in total. The number of sulfonamides is 1. The molecule has 10 heteroatoms. The molecule has 1 aromatic heterocycles. The minimum atomic E-state index is -3.93. The molecule has 0 fully saturated rings. The number of aromatic nitrogens is 1. The van der Waals surface area contributed by atoms with Gasteiger partial charge < -0.3 is 14.6 Å². The van der Waals surface area contributed by atoms with Crippen LogP contribution >= 0.6 is 0 Å². The molecule has 0 radical (unpaired) electrons. The van der Waals surface area contributed by atoms with Gasteiger partial charge in [0.1, 0.15) is 23.4 Å². The van der Waals surface area contributed by atoms with E-state index in [1.165, 1.54) is 29.9 Å². The van der Waals surface area contributed by atoms with Crippen molar-refractivity contribution in [2.45, 2.75) is 17.9 Å². The lowest BCUT2D eigenvalue weighted by Crippen LogP contribution is -2.37. The van der Waals surface area contributed by atoms with Crippen LogP contribution in [0.5, 0.6) is 5.75 Å². The Hall–Kier alpha value is -3.16. The Bertz CT molecular complexity index is 1130. The van der Waals surface area contributed by atoms with Gasteiger partial charge in [-0.2, -0.15) is 5.26 Å². The molecule has 1 amide bonds. The summed E-state index contributed by atoms with van der Waals surface area (Å²) in [7, 11) is -2.42. The normalized spacial score (nSPS) is 17.6. The molecular weight excluding hydrogens is 387 g/mol. The molecule has 0 aliphatic carbocycles. The molecule has 3 rings (SSSR count). The Labute approximate surface area is 161 Å². The molecule has 0 saturated carbocycles. The number of benzene rings is 1. The molecule has 28 heavy (non-hydrogen) atoms. The number of nitrogens with one attached hydrogen (secondary N) is 2. The van der Waals surface area contributed by atoms with Crippen LogP contribution in [-0.2, 0) is 17.1 Å². The Kier molecular flexibility index (Phi) is 4.97. The maximum Gasteiger partial charge on any atom is 0.276 e. The number of nitrogens with zero attached hydrogens (tertiary/aromatic N) is 2. The van der Waals surface area contributed by atoms with Crippen molar-refractivity contribution in [2.75, 3.05) is 11.9 Å². The van der Waals surface area contributed by atoms with E-state index in [0.29, 0.717) is 5.57 Å². The van der Waals surface area contributed by atoms with Gasteiger partial charge in [-0.3, -0.25) is 4.79 Å². The predicted molar refractivity (Wildman–Crippen MR) is 98.9 cm³/mol. The maximum absolute atomic E-state index is 13.5. The topological polar surface area (TPSA) is 113 Å². The first-order valence-electron chi connectivity index (χ1n) is 8.15. The van der Waals surface area contributed by atoms with Crippen LogP contribution in [-0.4, -0.2) is 31.5 Å². The predicted octanol–water partition coefficient (Wildman–Crippen LogP) is 1.90. The lowest BCUT2D eigenvalue weighted by Gasteiger charge is -2.15. The molecule has 1 aromatic carbocycles. The summed E-state index contributed by atoms with van der Waals surface area (Å²) in [5.74, 6) is -1.46. The third-order valence-corrected chi connectivity index (χ3v) is 5.70.